The molecule has 1 aliphatic rings. The highest BCUT2D eigenvalue weighted by atomic mass is 14.1. The Kier molecular flexibility index (Phi) is 3.58. The molecule has 0 aromatic rings. The summed E-state index contributed by atoms with van der Waals surface area (Å²) in [6.45, 7) is 6.74. The van der Waals surface area contributed by atoms with Gasteiger partial charge in [-0.25, -0.2) is 0 Å². The predicted molar refractivity (Wildman–Crippen MR) is 55.2 cm³/mol. The maximum absolute atomic E-state index is 2.39. The standard InChI is InChI=1S/C12H20/c1-4-10(2)8-9-12-7-5-6-11(12)3/h8H,4-7,9H2,1-3H3/b10-8-. The molecule has 0 radical (unpaired) electrons. The highest BCUT2D eigenvalue weighted by Crippen LogP contribution is 2.28. The molecule has 68 valence electrons. The Morgan fingerprint density at radius 3 is 2.67 bits per heavy atom. The van der Waals surface area contributed by atoms with E-state index in [1.54, 1.807) is 11.1 Å². The molecule has 0 aromatic heterocycles. The average Bonchev–Trinajstić information content (AvgIpc) is 2.47. The molecular formula is C12H20. The second-order valence-electron chi connectivity index (χ2n) is 3.85. The first-order chi connectivity index (χ1) is 5.74. The van der Waals surface area contributed by atoms with Gasteiger partial charge >= 0.3 is 0 Å². The molecule has 0 nitrogen and oxygen atoms in total. The van der Waals surface area contributed by atoms with Crippen molar-refractivity contribution in [2.75, 3.05) is 0 Å². The summed E-state index contributed by atoms with van der Waals surface area (Å²) in [5, 5.41) is 0. The second-order valence-corrected chi connectivity index (χ2v) is 3.85. The van der Waals surface area contributed by atoms with E-state index < -0.39 is 0 Å². The molecule has 0 bridgehead atoms. The zero-order chi connectivity index (χ0) is 8.97. The SMILES string of the molecule is CC/C(C)=C\CC1=C(C)CCC1. The minimum atomic E-state index is 1.20. The minimum Gasteiger partial charge on any atom is -0.0815 e. The smallest absolute Gasteiger partial charge is 0.0134 e. The summed E-state index contributed by atoms with van der Waals surface area (Å²) >= 11 is 0. The normalized spacial score (nSPS) is 19.1. The largest absolute Gasteiger partial charge is 0.0815 e. The molecule has 12 heavy (non-hydrogen) atoms. The van der Waals surface area contributed by atoms with Crippen molar-refractivity contribution in [2.45, 2.75) is 52.9 Å². The maximum Gasteiger partial charge on any atom is -0.0134 e. The highest BCUT2D eigenvalue weighted by molar-refractivity contribution is 5.21. The van der Waals surface area contributed by atoms with E-state index in [2.05, 4.69) is 26.8 Å². The van der Waals surface area contributed by atoms with Crippen LogP contribution in [0.4, 0.5) is 0 Å². The number of allylic oxidation sites excluding steroid dienone is 4. The van der Waals surface area contributed by atoms with E-state index in [-0.39, 0.29) is 0 Å². The first-order valence-electron chi connectivity index (χ1n) is 5.07. The molecule has 0 fully saturated rings. The minimum absolute atomic E-state index is 1.20. The summed E-state index contributed by atoms with van der Waals surface area (Å²) in [5.74, 6) is 0. The highest BCUT2D eigenvalue weighted by Gasteiger charge is 2.08. The molecule has 1 aliphatic carbocycles. The van der Waals surface area contributed by atoms with E-state index in [4.69, 9.17) is 0 Å². The van der Waals surface area contributed by atoms with Crippen LogP contribution in [0.15, 0.2) is 22.8 Å². The third-order valence-corrected chi connectivity index (χ3v) is 2.89. The summed E-state index contributed by atoms with van der Waals surface area (Å²) in [7, 11) is 0. The van der Waals surface area contributed by atoms with Gasteiger partial charge < -0.3 is 0 Å². The van der Waals surface area contributed by atoms with Crippen molar-refractivity contribution in [2.24, 2.45) is 0 Å². The topological polar surface area (TPSA) is 0 Å². The molecule has 1 rings (SSSR count). The van der Waals surface area contributed by atoms with Crippen LogP contribution >= 0.6 is 0 Å². The Bertz CT molecular complexity index is 206. The second kappa shape index (κ2) is 4.49. The van der Waals surface area contributed by atoms with Gasteiger partial charge in [0.15, 0.2) is 0 Å². The van der Waals surface area contributed by atoms with Crippen LogP contribution in [-0.2, 0) is 0 Å². The summed E-state index contributed by atoms with van der Waals surface area (Å²) in [6.07, 6.45) is 8.88. The van der Waals surface area contributed by atoms with Crippen molar-refractivity contribution in [3.05, 3.63) is 22.8 Å². The molecular weight excluding hydrogens is 144 g/mol. The van der Waals surface area contributed by atoms with Gasteiger partial charge in [0.05, 0.1) is 0 Å². The van der Waals surface area contributed by atoms with Crippen LogP contribution < -0.4 is 0 Å². The van der Waals surface area contributed by atoms with Gasteiger partial charge in [-0.3, -0.25) is 0 Å². The van der Waals surface area contributed by atoms with Crippen molar-refractivity contribution < 1.29 is 0 Å². The average molecular weight is 164 g/mol. The molecule has 0 atom stereocenters. The molecule has 0 heterocycles. The fourth-order valence-electron chi connectivity index (χ4n) is 1.68. The van der Waals surface area contributed by atoms with E-state index in [1.807, 2.05) is 0 Å². The van der Waals surface area contributed by atoms with Crippen molar-refractivity contribution in [3.63, 3.8) is 0 Å². The van der Waals surface area contributed by atoms with E-state index in [0.717, 1.165) is 0 Å². The summed E-state index contributed by atoms with van der Waals surface area (Å²) in [6, 6.07) is 0. The monoisotopic (exact) mass is 164 g/mol. The lowest BCUT2D eigenvalue weighted by atomic mass is 10.1. The van der Waals surface area contributed by atoms with Crippen molar-refractivity contribution >= 4 is 0 Å². The molecule has 0 N–H and O–H groups in total. The Morgan fingerprint density at radius 1 is 1.42 bits per heavy atom. The van der Waals surface area contributed by atoms with Crippen LogP contribution in [0.5, 0.6) is 0 Å². The molecule has 0 spiro atoms. The quantitative estimate of drug-likeness (QED) is 0.547. The van der Waals surface area contributed by atoms with Gasteiger partial charge in [0.1, 0.15) is 0 Å². The van der Waals surface area contributed by atoms with Crippen LogP contribution in [0.1, 0.15) is 52.9 Å². The zero-order valence-corrected chi connectivity index (χ0v) is 8.61. The molecule has 0 aromatic carbocycles. The fourth-order valence-corrected chi connectivity index (χ4v) is 1.68. The van der Waals surface area contributed by atoms with Crippen LogP contribution in [0, 0.1) is 0 Å². The van der Waals surface area contributed by atoms with Gasteiger partial charge in [-0.1, -0.05) is 29.7 Å². The third kappa shape index (κ3) is 2.51. The first-order valence-corrected chi connectivity index (χ1v) is 5.07. The van der Waals surface area contributed by atoms with E-state index in [9.17, 15) is 0 Å². The number of hydrogen-bond acceptors (Lipinski definition) is 0. The Hall–Kier alpha value is -0.520. The number of hydrogen-bond donors (Lipinski definition) is 0. The summed E-state index contributed by atoms with van der Waals surface area (Å²) in [5.41, 5.74) is 4.88. The van der Waals surface area contributed by atoms with Crippen LogP contribution in [0.2, 0.25) is 0 Å². The van der Waals surface area contributed by atoms with Gasteiger partial charge in [0.2, 0.25) is 0 Å². The molecule has 0 aliphatic heterocycles. The van der Waals surface area contributed by atoms with Gasteiger partial charge in [0, 0.05) is 0 Å². The van der Waals surface area contributed by atoms with Crippen molar-refractivity contribution in [1.82, 2.24) is 0 Å². The first kappa shape index (κ1) is 9.57. The van der Waals surface area contributed by atoms with Gasteiger partial charge in [-0.05, 0) is 46.0 Å². The van der Waals surface area contributed by atoms with Crippen molar-refractivity contribution in [3.8, 4) is 0 Å². The predicted octanol–water partition coefficient (Wildman–Crippen LogP) is 4.23. The molecule has 0 heteroatoms. The lowest BCUT2D eigenvalue weighted by Crippen LogP contribution is -1.79. The van der Waals surface area contributed by atoms with Gasteiger partial charge in [-0.15, -0.1) is 0 Å². The van der Waals surface area contributed by atoms with E-state index in [0.29, 0.717) is 0 Å². The summed E-state index contributed by atoms with van der Waals surface area (Å²) < 4.78 is 0. The van der Waals surface area contributed by atoms with Gasteiger partial charge in [-0.2, -0.15) is 0 Å². The number of rotatable bonds is 3. The summed E-state index contributed by atoms with van der Waals surface area (Å²) in [4.78, 5) is 0. The maximum atomic E-state index is 2.39. The van der Waals surface area contributed by atoms with Crippen LogP contribution in [-0.4, -0.2) is 0 Å². The fraction of sp³-hybridized carbons (Fsp3) is 0.667. The van der Waals surface area contributed by atoms with Gasteiger partial charge in [0.25, 0.3) is 0 Å². The van der Waals surface area contributed by atoms with E-state index in [1.165, 1.54) is 37.7 Å². The molecule has 0 saturated heterocycles. The lowest BCUT2D eigenvalue weighted by molar-refractivity contribution is 0.882. The van der Waals surface area contributed by atoms with Crippen LogP contribution in [0.25, 0.3) is 0 Å². The van der Waals surface area contributed by atoms with Crippen LogP contribution in [0.3, 0.4) is 0 Å². The Morgan fingerprint density at radius 2 is 2.17 bits per heavy atom. The zero-order valence-electron chi connectivity index (χ0n) is 8.61. The van der Waals surface area contributed by atoms with E-state index >= 15 is 0 Å². The Labute approximate surface area is 76.4 Å². The molecule has 0 saturated carbocycles. The Balaban J connectivity index is 2.46. The van der Waals surface area contributed by atoms with Crippen molar-refractivity contribution in [1.29, 1.82) is 0 Å². The molecule has 0 unspecified atom stereocenters. The molecule has 0 amide bonds. The third-order valence-electron chi connectivity index (χ3n) is 2.89. The lowest BCUT2D eigenvalue weighted by Gasteiger charge is -2.00.